The monoisotopic (exact) mass is 305 g/mol. The first kappa shape index (κ1) is 16.2. The van der Waals surface area contributed by atoms with Gasteiger partial charge in [-0.1, -0.05) is 12.1 Å². The minimum absolute atomic E-state index is 0.168. The van der Waals surface area contributed by atoms with E-state index in [1.54, 1.807) is 30.0 Å². The lowest BCUT2D eigenvalue weighted by Gasteiger charge is -2.30. The summed E-state index contributed by atoms with van der Waals surface area (Å²) in [6.07, 6.45) is 4.53. The third kappa shape index (κ3) is 4.41. The predicted molar refractivity (Wildman–Crippen MR) is 81.4 cm³/mol. The number of carbonyl (C=O) groups excluding carboxylic acids is 2. The van der Waals surface area contributed by atoms with Crippen LogP contribution in [-0.2, 0) is 14.3 Å². The van der Waals surface area contributed by atoms with Crippen molar-refractivity contribution in [1.82, 2.24) is 4.90 Å². The van der Waals surface area contributed by atoms with Crippen LogP contribution in [0.2, 0.25) is 0 Å². The van der Waals surface area contributed by atoms with Gasteiger partial charge in [-0.2, -0.15) is 0 Å². The maximum atomic E-state index is 13.1. The largest absolute Gasteiger partial charge is 0.466 e. The molecule has 0 radical (unpaired) electrons. The Bertz CT molecular complexity index is 571. The molecule has 22 heavy (non-hydrogen) atoms. The van der Waals surface area contributed by atoms with E-state index in [1.807, 2.05) is 0 Å². The van der Waals surface area contributed by atoms with Crippen LogP contribution in [0.5, 0.6) is 0 Å². The van der Waals surface area contributed by atoms with E-state index in [0.29, 0.717) is 25.3 Å². The number of rotatable bonds is 4. The summed E-state index contributed by atoms with van der Waals surface area (Å²) in [6.45, 7) is 3.13. The van der Waals surface area contributed by atoms with Crippen molar-refractivity contribution in [2.75, 3.05) is 19.7 Å². The van der Waals surface area contributed by atoms with Gasteiger partial charge in [0.15, 0.2) is 0 Å². The van der Waals surface area contributed by atoms with Crippen LogP contribution in [0.15, 0.2) is 30.3 Å². The molecular formula is C17H20FNO3. The molecular weight excluding hydrogens is 285 g/mol. The fraction of sp³-hybridized carbons (Fsp3) is 0.412. The Balaban J connectivity index is 1.95. The van der Waals surface area contributed by atoms with Crippen LogP contribution in [-0.4, -0.2) is 36.5 Å². The standard InChI is InChI=1S/C17H20FNO3/c1-2-22-17(21)14-6-4-10-19(12-14)16(20)9-8-13-5-3-7-15(18)11-13/h3,5,7-9,11,14H,2,4,6,10,12H2,1H3/b9-8+/t14-/m1/s1. The molecule has 1 aliphatic rings. The lowest BCUT2D eigenvalue weighted by atomic mass is 9.98. The molecule has 5 heteroatoms. The normalized spacial score (nSPS) is 18.5. The Labute approximate surface area is 129 Å². The molecule has 0 aliphatic carbocycles. The number of likely N-dealkylation sites (tertiary alicyclic amines) is 1. The van der Waals surface area contributed by atoms with Crippen LogP contribution in [0.1, 0.15) is 25.3 Å². The van der Waals surface area contributed by atoms with E-state index in [4.69, 9.17) is 4.74 Å². The number of hydrogen-bond donors (Lipinski definition) is 0. The topological polar surface area (TPSA) is 46.6 Å². The van der Waals surface area contributed by atoms with Gasteiger partial charge in [-0.25, -0.2) is 4.39 Å². The summed E-state index contributed by atoms with van der Waals surface area (Å²) in [5.74, 6) is -0.998. The van der Waals surface area contributed by atoms with Crippen molar-refractivity contribution in [2.24, 2.45) is 5.92 Å². The zero-order valence-corrected chi connectivity index (χ0v) is 12.6. The lowest BCUT2D eigenvalue weighted by Crippen LogP contribution is -2.42. The van der Waals surface area contributed by atoms with Crippen LogP contribution in [0.4, 0.5) is 4.39 Å². The summed E-state index contributed by atoms with van der Waals surface area (Å²) in [5.41, 5.74) is 0.632. The number of ether oxygens (including phenoxy) is 1. The van der Waals surface area contributed by atoms with E-state index >= 15 is 0 Å². The Morgan fingerprint density at radius 2 is 2.27 bits per heavy atom. The molecule has 1 aliphatic heterocycles. The second-order valence-corrected chi connectivity index (χ2v) is 5.26. The highest BCUT2D eigenvalue weighted by Gasteiger charge is 2.28. The van der Waals surface area contributed by atoms with Crippen molar-refractivity contribution < 1.29 is 18.7 Å². The maximum Gasteiger partial charge on any atom is 0.310 e. The molecule has 1 saturated heterocycles. The number of benzene rings is 1. The summed E-state index contributed by atoms with van der Waals surface area (Å²) in [6, 6.07) is 6.04. The number of esters is 1. The van der Waals surface area contributed by atoms with Crippen molar-refractivity contribution in [1.29, 1.82) is 0 Å². The highest BCUT2D eigenvalue weighted by molar-refractivity contribution is 5.92. The average Bonchev–Trinajstić information content (AvgIpc) is 2.53. The van der Waals surface area contributed by atoms with Gasteiger partial charge in [0.05, 0.1) is 12.5 Å². The Morgan fingerprint density at radius 1 is 1.45 bits per heavy atom. The molecule has 0 N–H and O–H groups in total. The second kappa shape index (κ2) is 7.73. The van der Waals surface area contributed by atoms with E-state index in [-0.39, 0.29) is 23.6 Å². The number of hydrogen-bond acceptors (Lipinski definition) is 3. The first-order valence-corrected chi connectivity index (χ1v) is 7.49. The fourth-order valence-corrected chi connectivity index (χ4v) is 2.51. The Morgan fingerprint density at radius 3 is 3.00 bits per heavy atom. The molecule has 118 valence electrons. The minimum Gasteiger partial charge on any atom is -0.466 e. The number of piperidine rings is 1. The van der Waals surface area contributed by atoms with Crippen molar-refractivity contribution in [3.8, 4) is 0 Å². The Hall–Kier alpha value is -2.17. The second-order valence-electron chi connectivity index (χ2n) is 5.26. The minimum atomic E-state index is -0.338. The molecule has 1 fully saturated rings. The molecule has 0 bridgehead atoms. The van der Waals surface area contributed by atoms with Crippen LogP contribution in [0.25, 0.3) is 6.08 Å². The van der Waals surface area contributed by atoms with Crippen molar-refractivity contribution >= 4 is 18.0 Å². The van der Waals surface area contributed by atoms with Crippen LogP contribution in [0, 0.1) is 11.7 Å². The van der Waals surface area contributed by atoms with E-state index in [9.17, 15) is 14.0 Å². The molecule has 1 atom stereocenters. The van der Waals surface area contributed by atoms with E-state index in [0.717, 1.165) is 12.8 Å². The Kier molecular flexibility index (Phi) is 5.69. The summed E-state index contributed by atoms with van der Waals surface area (Å²) < 4.78 is 18.1. The molecule has 0 aromatic heterocycles. The molecule has 1 amide bonds. The van der Waals surface area contributed by atoms with Crippen molar-refractivity contribution in [3.05, 3.63) is 41.7 Å². The molecule has 0 spiro atoms. The van der Waals surface area contributed by atoms with Gasteiger partial charge >= 0.3 is 5.97 Å². The third-order valence-corrected chi connectivity index (χ3v) is 3.62. The zero-order valence-electron chi connectivity index (χ0n) is 12.6. The highest BCUT2D eigenvalue weighted by Crippen LogP contribution is 2.18. The SMILES string of the molecule is CCOC(=O)[C@@H]1CCCN(C(=O)/C=C/c2cccc(F)c2)C1. The lowest BCUT2D eigenvalue weighted by molar-refractivity contribution is -0.150. The van der Waals surface area contributed by atoms with E-state index < -0.39 is 0 Å². The number of nitrogens with zero attached hydrogens (tertiary/aromatic N) is 1. The number of carbonyl (C=O) groups is 2. The van der Waals surface area contributed by atoms with Gasteiger partial charge in [-0.05, 0) is 43.5 Å². The van der Waals surface area contributed by atoms with E-state index in [2.05, 4.69) is 0 Å². The average molecular weight is 305 g/mol. The van der Waals surface area contributed by atoms with Crippen molar-refractivity contribution in [2.45, 2.75) is 19.8 Å². The first-order valence-electron chi connectivity index (χ1n) is 7.49. The molecule has 4 nitrogen and oxygen atoms in total. The first-order chi connectivity index (χ1) is 10.6. The predicted octanol–water partition coefficient (Wildman–Crippen LogP) is 2.64. The van der Waals surface area contributed by atoms with Gasteiger partial charge < -0.3 is 9.64 Å². The number of halogens is 1. The molecule has 1 aromatic carbocycles. The van der Waals surface area contributed by atoms with Crippen LogP contribution >= 0.6 is 0 Å². The van der Waals surface area contributed by atoms with E-state index in [1.165, 1.54) is 18.2 Å². The van der Waals surface area contributed by atoms with Gasteiger partial charge in [0.25, 0.3) is 0 Å². The van der Waals surface area contributed by atoms with Gasteiger partial charge in [-0.3, -0.25) is 9.59 Å². The molecule has 1 aromatic rings. The van der Waals surface area contributed by atoms with Gasteiger partial charge in [-0.15, -0.1) is 0 Å². The molecule has 0 unspecified atom stereocenters. The van der Waals surface area contributed by atoms with Crippen LogP contribution in [0.3, 0.4) is 0 Å². The van der Waals surface area contributed by atoms with Crippen molar-refractivity contribution in [3.63, 3.8) is 0 Å². The summed E-state index contributed by atoms with van der Waals surface area (Å²) in [4.78, 5) is 25.6. The zero-order chi connectivity index (χ0) is 15.9. The highest BCUT2D eigenvalue weighted by atomic mass is 19.1. The molecule has 0 saturated carbocycles. The molecule has 2 rings (SSSR count). The summed E-state index contributed by atoms with van der Waals surface area (Å²) in [7, 11) is 0. The summed E-state index contributed by atoms with van der Waals surface area (Å²) in [5, 5.41) is 0. The number of amides is 1. The third-order valence-electron chi connectivity index (χ3n) is 3.62. The van der Waals surface area contributed by atoms with Crippen LogP contribution < -0.4 is 0 Å². The maximum absolute atomic E-state index is 13.1. The quantitative estimate of drug-likeness (QED) is 0.634. The van der Waals surface area contributed by atoms with Gasteiger partial charge in [0.2, 0.25) is 5.91 Å². The fourth-order valence-electron chi connectivity index (χ4n) is 2.51. The van der Waals surface area contributed by atoms with Gasteiger partial charge in [0, 0.05) is 19.2 Å². The summed E-state index contributed by atoms with van der Waals surface area (Å²) >= 11 is 0. The van der Waals surface area contributed by atoms with Gasteiger partial charge in [0.1, 0.15) is 5.82 Å². The smallest absolute Gasteiger partial charge is 0.310 e. The molecule has 1 heterocycles.